The van der Waals surface area contributed by atoms with Crippen molar-refractivity contribution in [3.8, 4) is 5.75 Å². The van der Waals surface area contributed by atoms with Crippen LogP contribution >= 0.6 is 0 Å². The van der Waals surface area contributed by atoms with Crippen LogP contribution < -0.4 is 9.64 Å². The second-order valence-electron chi connectivity index (χ2n) is 7.54. The summed E-state index contributed by atoms with van der Waals surface area (Å²) in [5, 5.41) is 0. The molecule has 28 heavy (non-hydrogen) atoms. The number of rotatable bonds is 4. The van der Waals surface area contributed by atoms with Gasteiger partial charge < -0.3 is 19.4 Å². The summed E-state index contributed by atoms with van der Waals surface area (Å²) in [7, 11) is 3.78. The topological polar surface area (TPSA) is 61.8 Å². The standard InChI is InChI=1S/C21H27N5O2/c1-15-18(14-22-21(23-15)25-11-9-24(2)10-12-25)20(27)26-8-7-19(26)16-5-4-6-17(13-16)28-3/h4-6,13-14,19H,7-12H2,1-3H3/t19-/m0/s1. The van der Waals surface area contributed by atoms with Gasteiger partial charge in [0.05, 0.1) is 24.4 Å². The number of amides is 1. The van der Waals surface area contributed by atoms with E-state index in [-0.39, 0.29) is 11.9 Å². The largest absolute Gasteiger partial charge is 0.497 e. The Morgan fingerprint density at radius 2 is 1.96 bits per heavy atom. The maximum Gasteiger partial charge on any atom is 0.257 e. The average molecular weight is 381 g/mol. The van der Waals surface area contributed by atoms with Crippen LogP contribution in [0.2, 0.25) is 0 Å². The van der Waals surface area contributed by atoms with E-state index >= 15 is 0 Å². The first kappa shape index (κ1) is 18.7. The summed E-state index contributed by atoms with van der Waals surface area (Å²) in [6.07, 6.45) is 2.65. The molecular weight excluding hydrogens is 354 g/mol. The van der Waals surface area contributed by atoms with Gasteiger partial charge in [-0.2, -0.15) is 0 Å². The summed E-state index contributed by atoms with van der Waals surface area (Å²) in [6, 6.07) is 8.02. The van der Waals surface area contributed by atoms with E-state index in [2.05, 4.69) is 26.8 Å². The van der Waals surface area contributed by atoms with Crippen molar-refractivity contribution in [1.82, 2.24) is 19.8 Å². The van der Waals surface area contributed by atoms with Crippen molar-refractivity contribution in [2.75, 3.05) is 51.8 Å². The van der Waals surface area contributed by atoms with Crippen molar-refractivity contribution < 1.29 is 9.53 Å². The van der Waals surface area contributed by atoms with Gasteiger partial charge in [-0.05, 0) is 38.1 Å². The first-order valence-electron chi connectivity index (χ1n) is 9.79. The van der Waals surface area contributed by atoms with Gasteiger partial charge in [0.2, 0.25) is 5.95 Å². The number of nitrogens with zero attached hydrogens (tertiary/aromatic N) is 5. The maximum absolute atomic E-state index is 13.1. The third-order valence-electron chi connectivity index (χ3n) is 5.74. The lowest BCUT2D eigenvalue weighted by molar-refractivity contribution is 0.0458. The minimum absolute atomic E-state index is 0.00139. The fourth-order valence-corrected chi connectivity index (χ4v) is 3.80. The molecule has 0 bridgehead atoms. The molecule has 2 aliphatic rings. The molecule has 3 heterocycles. The Hall–Kier alpha value is -2.67. The van der Waals surface area contributed by atoms with E-state index in [9.17, 15) is 4.79 Å². The van der Waals surface area contributed by atoms with Gasteiger partial charge in [-0.1, -0.05) is 12.1 Å². The number of hydrogen-bond donors (Lipinski definition) is 0. The summed E-state index contributed by atoms with van der Waals surface area (Å²) >= 11 is 0. The molecule has 1 aromatic heterocycles. The quantitative estimate of drug-likeness (QED) is 0.809. The van der Waals surface area contributed by atoms with E-state index in [0.29, 0.717) is 5.56 Å². The van der Waals surface area contributed by atoms with Crippen LogP contribution in [0, 0.1) is 6.92 Å². The maximum atomic E-state index is 13.1. The highest BCUT2D eigenvalue weighted by Gasteiger charge is 2.35. The van der Waals surface area contributed by atoms with Gasteiger partial charge in [0.1, 0.15) is 5.75 Å². The van der Waals surface area contributed by atoms with Gasteiger partial charge >= 0.3 is 0 Å². The zero-order valence-electron chi connectivity index (χ0n) is 16.8. The Balaban J connectivity index is 1.50. The highest BCUT2D eigenvalue weighted by Crippen LogP contribution is 2.36. The molecule has 1 atom stereocenters. The summed E-state index contributed by atoms with van der Waals surface area (Å²) in [5.74, 6) is 1.53. The van der Waals surface area contributed by atoms with Crippen LogP contribution in [-0.2, 0) is 0 Å². The number of likely N-dealkylation sites (N-methyl/N-ethyl adjacent to an activating group) is 1. The third kappa shape index (κ3) is 3.54. The van der Waals surface area contributed by atoms with Crippen LogP contribution in [0.1, 0.15) is 34.1 Å². The van der Waals surface area contributed by atoms with Crippen LogP contribution in [0.25, 0.3) is 0 Å². The Bertz CT molecular complexity index is 864. The summed E-state index contributed by atoms with van der Waals surface area (Å²) < 4.78 is 5.32. The van der Waals surface area contributed by atoms with Crippen LogP contribution in [0.4, 0.5) is 5.95 Å². The lowest BCUT2D eigenvalue weighted by Gasteiger charge is -2.41. The number of ether oxygens (including phenoxy) is 1. The molecule has 2 saturated heterocycles. The minimum atomic E-state index is 0.00139. The molecule has 1 aromatic carbocycles. The molecule has 4 rings (SSSR count). The van der Waals surface area contributed by atoms with Gasteiger partial charge in [-0.15, -0.1) is 0 Å². The number of carbonyl (C=O) groups excluding carboxylic acids is 1. The number of methoxy groups -OCH3 is 1. The lowest BCUT2D eigenvalue weighted by atomic mass is 9.93. The lowest BCUT2D eigenvalue weighted by Crippen LogP contribution is -2.46. The van der Waals surface area contributed by atoms with Crippen LogP contribution in [0.3, 0.4) is 0 Å². The number of likely N-dealkylation sites (tertiary alicyclic amines) is 1. The average Bonchev–Trinajstić information content (AvgIpc) is 2.67. The molecule has 0 N–H and O–H groups in total. The number of aromatic nitrogens is 2. The molecule has 2 aromatic rings. The first-order valence-corrected chi connectivity index (χ1v) is 9.79. The van der Waals surface area contributed by atoms with Gasteiger partial charge in [-0.3, -0.25) is 4.79 Å². The predicted molar refractivity (Wildman–Crippen MR) is 108 cm³/mol. The molecule has 0 radical (unpaired) electrons. The van der Waals surface area contributed by atoms with Crippen molar-refractivity contribution in [3.05, 3.63) is 47.3 Å². The highest BCUT2D eigenvalue weighted by molar-refractivity contribution is 5.95. The zero-order chi connectivity index (χ0) is 19.7. The van der Waals surface area contributed by atoms with Crippen molar-refractivity contribution >= 4 is 11.9 Å². The third-order valence-corrected chi connectivity index (χ3v) is 5.74. The number of benzene rings is 1. The molecule has 148 valence electrons. The molecular formula is C21H27N5O2. The van der Waals surface area contributed by atoms with Crippen LogP contribution in [0.5, 0.6) is 5.75 Å². The minimum Gasteiger partial charge on any atom is -0.497 e. The molecule has 2 fully saturated rings. The number of hydrogen-bond acceptors (Lipinski definition) is 6. The summed E-state index contributed by atoms with van der Waals surface area (Å²) in [6.45, 7) is 6.47. The fraction of sp³-hybridized carbons (Fsp3) is 0.476. The predicted octanol–water partition coefficient (Wildman–Crippen LogP) is 2.13. The molecule has 7 heteroatoms. The molecule has 0 saturated carbocycles. The Morgan fingerprint density at radius 1 is 1.18 bits per heavy atom. The second kappa shape index (κ2) is 7.75. The Morgan fingerprint density at radius 3 is 2.61 bits per heavy atom. The number of aryl methyl sites for hydroxylation is 1. The van der Waals surface area contributed by atoms with Gasteiger partial charge in [0.25, 0.3) is 5.91 Å². The molecule has 2 aliphatic heterocycles. The second-order valence-corrected chi connectivity index (χ2v) is 7.54. The van der Waals surface area contributed by atoms with Crippen LogP contribution in [-0.4, -0.2) is 72.6 Å². The normalized spacial score (nSPS) is 20.0. The number of piperazine rings is 1. The highest BCUT2D eigenvalue weighted by atomic mass is 16.5. The van der Waals surface area contributed by atoms with E-state index in [1.807, 2.05) is 36.1 Å². The van der Waals surface area contributed by atoms with E-state index in [1.165, 1.54) is 0 Å². The Kier molecular flexibility index (Phi) is 5.17. The van der Waals surface area contributed by atoms with Crippen molar-refractivity contribution in [3.63, 3.8) is 0 Å². The number of anilines is 1. The van der Waals surface area contributed by atoms with Gasteiger partial charge in [0.15, 0.2) is 0 Å². The van der Waals surface area contributed by atoms with E-state index in [0.717, 1.165) is 62.1 Å². The van der Waals surface area contributed by atoms with Crippen molar-refractivity contribution in [2.24, 2.45) is 0 Å². The fourth-order valence-electron chi connectivity index (χ4n) is 3.80. The smallest absolute Gasteiger partial charge is 0.257 e. The van der Waals surface area contributed by atoms with Gasteiger partial charge in [0, 0.05) is 38.9 Å². The first-order chi connectivity index (χ1) is 13.6. The molecule has 0 spiro atoms. The molecule has 7 nitrogen and oxygen atoms in total. The molecule has 1 amide bonds. The molecule has 0 aliphatic carbocycles. The Labute approximate surface area is 165 Å². The summed E-state index contributed by atoms with van der Waals surface area (Å²) in [5.41, 5.74) is 2.43. The monoisotopic (exact) mass is 381 g/mol. The van der Waals surface area contributed by atoms with Gasteiger partial charge in [-0.25, -0.2) is 9.97 Å². The molecule has 0 unspecified atom stereocenters. The van der Waals surface area contributed by atoms with E-state index in [4.69, 9.17) is 4.74 Å². The summed E-state index contributed by atoms with van der Waals surface area (Å²) in [4.78, 5) is 28.6. The van der Waals surface area contributed by atoms with Crippen molar-refractivity contribution in [2.45, 2.75) is 19.4 Å². The van der Waals surface area contributed by atoms with Crippen molar-refractivity contribution in [1.29, 1.82) is 0 Å². The van der Waals surface area contributed by atoms with E-state index in [1.54, 1.807) is 13.3 Å². The van der Waals surface area contributed by atoms with Crippen LogP contribution in [0.15, 0.2) is 30.5 Å². The SMILES string of the molecule is COc1cccc([C@@H]2CCN2C(=O)c2cnc(N3CCN(C)CC3)nc2C)c1. The zero-order valence-corrected chi connectivity index (χ0v) is 16.8. The van der Waals surface area contributed by atoms with E-state index < -0.39 is 0 Å². The number of carbonyl (C=O) groups is 1.